The first-order valence-electron chi connectivity index (χ1n) is 10.9. The fourth-order valence-electron chi connectivity index (χ4n) is 4.02. The molecule has 9 heteroatoms. The van der Waals surface area contributed by atoms with Gasteiger partial charge in [-0.15, -0.1) is 0 Å². The van der Waals surface area contributed by atoms with Gasteiger partial charge in [0.1, 0.15) is 17.3 Å². The lowest BCUT2D eigenvalue weighted by Gasteiger charge is -2.17. The fourth-order valence-corrected chi connectivity index (χ4v) is 4.13. The summed E-state index contributed by atoms with van der Waals surface area (Å²) in [6, 6.07) is 15.9. The van der Waals surface area contributed by atoms with E-state index < -0.39 is 11.4 Å². The van der Waals surface area contributed by atoms with Crippen molar-refractivity contribution in [1.29, 1.82) is 0 Å². The average molecular weight is 472 g/mol. The summed E-state index contributed by atoms with van der Waals surface area (Å²) in [4.78, 5) is 22.0. The molecule has 0 spiro atoms. The summed E-state index contributed by atoms with van der Waals surface area (Å²) in [7, 11) is 0. The Morgan fingerprint density at radius 2 is 1.97 bits per heavy atom. The molecule has 0 saturated heterocycles. The van der Waals surface area contributed by atoms with Crippen LogP contribution in [-0.4, -0.2) is 19.5 Å². The van der Waals surface area contributed by atoms with Gasteiger partial charge in [0.15, 0.2) is 0 Å². The first-order valence-corrected chi connectivity index (χ1v) is 11.3. The number of hydrogen-bond donors (Lipinski definition) is 0. The third kappa shape index (κ3) is 3.62. The smallest absolute Gasteiger partial charge is 0.349 e. The van der Waals surface area contributed by atoms with E-state index in [0.717, 1.165) is 18.4 Å². The molecule has 0 unspecified atom stereocenters. The minimum atomic E-state index is -0.394. The molecule has 0 amide bonds. The Balaban J connectivity index is 1.50. The number of pyridine rings is 2. The highest BCUT2D eigenvalue weighted by molar-refractivity contribution is 6.29. The lowest BCUT2D eigenvalue weighted by molar-refractivity contribution is -0.708. The molecule has 0 radical (unpaired) electrons. The Hall–Kier alpha value is -4.04. The summed E-state index contributed by atoms with van der Waals surface area (Å²) in [5.41, 5.74) is 2.12. The number of hydrogen-bond acceptors (Lipinski definition) is 6. The summed E-state index contributed by atoms with van der Waals surface area (Å²) in [6.45, 7) is 0.235. The maximum atomic E-state index is 13.7. The van der Waals surface area contributed by atoms with Crippen molar-refractivity contribution in [2.24, 2.45) is 0 Å². The SMILES string of the molecule is O=c1c(-c2cccc(-c3noc(C4CC4)n3)c2)c([O-])[n+](Cc2ccc(Cl)nc2)c2ccccn12. The van der Waals surface area contributed by atoms with E-state index in [0.29, 0.717) is 39.6 Å². The average Bonchev–Trinajstić information content (AvgIpc) is 3.59. The fraction of sp³-hybridized carbons (Fsp3) is 0.160. The Morgan fingerprint density at radius 1 is 1.12 bits per heavy atom. The topological polar surface area (TPSA) is 100 Å². The zero-order chi connectivity index (χ0) is 23.2. The maximum absolute atomic E-state index is 13.7. The van der Waals surface area contributed by atoms with Gasteiger partial charge in [0, 0.05) is 29.3 Å². The van der Waals surface area contributed by atoms with E-state index in [4.69, 9.17) is 16.1 Å². The van der Waals surface area contributed by atoms with Crippen molar-refractivity contribution in [3.8, 4) is 28.4 Å². The first kappa shape index (κ1) is 20.6. The monoisotopic (exact) mass is 471 g/mol. The number of benzene rings is 1. The molecule has 8 nitrogen and oxygen atoms in total. The largest absolute Gasteiger partial charge is 0.842 e. The second-order valence-corrected chi connectivity index (χ2v) is 8.69. The number of halogens is 1. The van der Waals surface area contributed by atoms with Crippen molar-refractivity contribution in [2.45, 2.75) is 25.3 Å². The standard InChI is InChI=1S/C25H18ClN5O3/c26-19-10-7-15(13-27-19)14-31-20-6-1-2-11-30(20)24(32)21(25(31)33)17-4-3-5-18(12-17)22-28-23(34-29-22)16-8-9-16/h1-7,10-13,16H,8-9,14H2. The van der Waals surface area contributed by atoms with E-state index >= 15 is 0 Å². The second kappa shape index (κ2) is 8.07. The van der Waals surface area contributed by atoms with Crippen LogP contribution in [0.25, 0.3) is 28.2 Å². The van der Waals surface area contributed by atoms with Gasteiger partial charge in [0.2, 0.25) is 11.7 Å². The lowest BCUT2D eigenvalue weighted by Crippen LogP contribution is -2.44. The highest BCUT2D eigenvalue weighted by Crippen LogP contribution is 2.39. The van der Waals surface area contributed by atoms with Crippen LogP contribution in [0.15, 0.2) is 76.3 Å². The molecule has 168 valence electrons. The van der Waals surface area contributed by atoms with Gasteiger partial charge in [0.25, 0.3) is 5.65 Å². The molecule has 4 heterocycles. The van der Waals surface area contributed by atoms with Gasteiger partial charge in [-0.25, -0.2) is 14.3 Å². The van der Waals surface area contributed by atoms with Gasteiger partial charge in [-0.1, -0.05) is 47.1 Å². The van der Waals surface area contributed by atoms with Crippen molar-refractivity contribution in [2.75, 3.05) is 0 Å². The number of nitrogens with zero attached hydrogens (tertiary/aromatic N) is 5. The van der Waals surface area contributed by atoms with Crippen LogP contribution in [-0.2, 0) is 6.54 Å². The van der Waals surface area contributed by atoms with E-state index in [9.17, 15) is 9.90 Å². The van der Waals surface area contributed by atoms with Crippen molar-refractivity contribution in [3.63, 3.8) is 0 Å². The summed E-state index contributed by atoms with van der Waals surface area (Å²) in [5, 5.41) is 18.1. The molecular formula is C25H18ClN5O3. The van der Waals surface area contributed by atoms with Crippen LogP contribution >= 0.6 is 11.6 Å². The van der Waals surface area contributed by atoms with Crippen molar-refractivity contribution in [1.82, 2.24) is 19.5 Å². The van der Waals surface area contributed by atoms with Crippen LogP contribution in [0.2, 0.25) is 5.15 Å². The predicted molar refractivity (Wildman–Crippen MR) is 122 cm³/mol. The Bertz CT molecular complexity index is 1590. The Kier molecular flexibility index (Phi) is 4.88. The molecule has 0 aliphatic heterocycles. The van der Waals surface area contributed by atoms with Crippen LogP contribution < -0.4 is 15.2 Å². The van der Waals surface area contributed by atoms with Crippen LogP contribution in [0.4, 0.5) is 0 Å². The molecule has 4 aromatic heterocycles. The Morgan fingerprint density at radius 3 is 2.76 bits per heavy atom. The molecule has 1 aliphatic carbocycles. The summed E-state index contributed by atoms with van der Waals surface area (Å²) in [5.74, 6) is 1.02. The highest BCUT2D eigenvalue weighted by atomic mass is 35.5. The maximum Gasteiger partial charge on any atom is 0.349 e. The molecule has 0 N–H and O–H groups in total. The van der Waals surface area contributed by atoms with E-state index in [1.54, 1.807) is 65.5 Å². The second-order valence-electron chi connectivity index (χ2n) is 8.30. The lowest BCUT2D eigenvalue weighted by atomic mass is 10.0. The van der Waals surface area contributed by atoms with Crippen LogP contribution in [0.1, 0.15) is 30.2 Å². The molecule has 6 rings (SSSR count). The highest BCUT2D eigenvalue weighted by Gasteiger charge is 2.30. The van der Waals surface area contributed by atoms with Crippen LogP contribution in [0.3, 0.4) is 0 Å². The van der Waals surface area contributed by atoms with Crippen molar-refractivity contribution < 1.29 is 14.2 Å². The van der Waals surface area contributed by atoms with Gasteiger partial charge in [-0.3, -0.25) is 0 Å². The zero-order valence-electron chi connectivity index (χ0n) is 17.9. The third-order valence-corrected chi connectivity index (χ3v) is 6.14. The van der Waals surface area contributed by atoms with Gasteiger partial charge in [0.05, 0.1) is 12.1 Å². The molecule has 1 aliphatic rings. The minimum Gasteiger partial charge on any atom is -0.842 e. The van der Waals surface area contributed by atoms with E-state index in [-0.39, 0.29) is 12.1 Å². The molecule has 34 heavy (non-hydrogen) atoms. The molecule has 1 saturated carbocycles. The van der Waals surface area contributed by atoms with E-state index in [1.807, 2.05) is 6.07 Å². The zero-order valence-corrected chi connectivity index (χ0v) is 18.6. The number of aromatic nitrogens is 5. The molecular weight excluding hydrogens is 454 g/mol. The van der Waals surface area contributed by atoms with Crippen LogP contribution in [0, 0.1) is 0 Å². The molecule has 0 bridgehead atoms. The molecule has 1 fully saturated rings. The van der Waals surface area contributed by atoms with Gasteiger partial charge in [-0.05, 0) is 36.6 Å². The first-order chi connectivity index (χ1) is 16.6. The van der Waals surface area contributed by atoms with Crippen LogP contribution in [0.5, 0.6) is 5.88 Å². The summed E-state index contributed by atoms with van der Waals surface area (Å²) in [6.07, 6.45) is 5.38. The van der Waals surface area contributed by atoms with E-state index in [2.05, 4.69) is 15.1 Å². The quantitative estimate of drug-likeness (QED) is 0.288. The van der Waals surface area contributed by atoms with Crippen molar-refractivity contribution in [3.05, 3.63) is 94.0 Å². The minimum absolute atomic E-state index is 0.0679. The molecule has 1 aromatic carbocycles. The number of fused-ring (bicyclic) bond motifs is 1. The number of rotatable bonds is 5. The van der Waals surface area contributed by atoms with Gasteiger partial charge in [-0.2, -0.15) is 9.38 Å². The Labute approximate surface area is 198 Å². The van der Waals surface area contributed by atoms with E-state index in [1.165, 1.54) is 4.40 Å². The molecule has 0 atom stereocenters. The molecule has 5 aromatic rings. The van der Waals surface area contributed by atoms with Crippen molar-refractivity contribution >= 4 is 17.2 Å². The van der Waals surface area contributed by atoms with Gasteiger partial charge >= 0.3 is 5.56 Å². The predicted octanol–water partition coefficient (Wildman–Crippen LogP) is 3.35. The normalized spacial score (nSPS) is 13.4. The van der Waals surface area contributed by atoms with Gasteiger partial charge < -0.3 is 9.63 Å². The third-order valence-electron chi connectivity index (χ3n) is 5.91. The summed E-state index contributed by atoms with van der Waals surface area (Å²) >= 11 is 5.91. The summed E-state index contributed by atoms with van der Waals surface area (Å²) < 4.78 is 8.42.